The lowest BCUT2D eigenvalue weighted by Crippen LogP contribution is -2.27. The summed E-state index contributed by atoms with van der Waals surface area (Å²) in [6.45, 7) is 1.90. The average molecular weight is 290 g/mol. The first-order valence-electron chi connectivity index (χ1n) is 6.64. The smallest absolute Gasteiger partial charge is 0.273 e. The highest BCUT2D eigenvalue weighted by atomic mass is 16.5. The van der Waals surface area contributed by atoms with E-state index in [1.165, 1.54) is 0 Å². The number of carbonyl (C=O) groups is 1. The van der Waals surface area contributed by atoms with Crippen LogP contribution in [0, 0.1) is 0 Å². The molecule has 0 bridgehead atoms. The summed E-state index contributed by atoms with van der Waals surface area (Å²) < 4.78 is 11.7. The maximum atomic E-state index is 11.9. The van der Waals surface area contributed by atoms with Crippen molar-refractivity contribution in [1.82, 2.24) is 20.3 Å². The second kappa shape index (κ2) is 8.13. The van der Waals surface area contributed by atoms with E-state index in [1.54, 1.807) is 18.0 Å². The molecule has 1 aromatic carbocycles. The molecule has 0 aliphatic rings. The zero-order valence-corrected chi connectivity index (χ0v) is 11.9. The van der Waals surface area contributed by atoms with Crippen molar-refractivity contribution in [1.29, 1.82) is 0 Å². The molecule has 0 aliphatic heterocycles. The van der Waals surface area contributed by atoms with Crippen LogP contribution in [0.25, 0.3) is 5.69 Å². The fourth-order valence-corrected chi connectivity index (χ4v) is 1.65. The van der Waals surface area contributed by atoms with Gasteiger partial charge in [-0.2, -0.15) is 0 Å². The lowest BCUT2D eigenvalue weighted by Gasteiger charge is -2.04. The van der Waals surface area contributed by atoms with Crippen LogP contribution in [-0.2, 0) is 9.47 Å². The van der Waals surface area contributed by atoms with Gasteiger partial charge in [-0.05, 0) is 12.1 Å². The topological polar surface area (TPSA) is 78.3 Å². The van der Waals surface area contributed by atoms with Gasteiger partial charge in [0, 0.05) is 13.7 Å². The number of carbonyl (C=O) groups excluding carboxylic acids is 1. The SMILES string of the molecule is COCCOCCNC(=O)c1cn(-c2ccccc2)nn1. The summed E-state index contributed by atoms with van der Waals surface area (Å²) in [5.41, 5.74) is 1.13. The van der Waals surface area contributed by atoms with E-state index in [2.05, 4.69) is 15.6 Å². The van der Waals surface area contributed by atoms with Gasteiger partial charge in [0.25, 0.3) is 5.91 Å². The molecule has 2 rings (SSSR count). The number of amides is 1. The molecule has 0 saturated carbocycles. The standard InChI is InChI=1S/C14H18N4O3/c1-20-9-10-21-8-7-15-14(19)13-11-18(17-16-13)12-5-3-2-4-6-12/h2-6,11H,7-10H2,1H3,(H,15,19). The first kappa shape index (κ1) is 15.1. The van der Waals surface area contributed by atoms with Crippen LogP contribution in [-0.4, -0.2) is 54.4 Å². The van der Waals surface area contributed by atoms with E-state index in [4.69, 9.17) is 9.47 Å². The summed E-state index contributed by atoms with van der Waals surface area (Å²) >= 11 is 0. The third kappa shape index (κ3) is 4.66. The second-order valence-corrected chi connectivity index (χ2v) is 4.24. The van der Waals surface area contributed by atoms with Gasteiger partial charge in [-0.3, -0.25) is 4.79 Å². The van der Waals surface area contributed by atoms with Crippen LogP contribution < -0.4 is 5.32 Å². The van der Waals surface area contributed by atoms with Crippen molar-refractivity contribution in [2.45, 2.75) is 0 Å². The highest BCUT2D eigenvalue weighted by Gasteiger charge is 2.10. The first-order valence-corrected chi connectivity index (χ1v) is 6.64. The van der Waals surface area contributed by atoms with Crippen molar-refractivity contribution in [3.05, 3.63) is 42.2 Å². The quantitative estimate of drug-likeness (QED) is 0.723. The Morgan fingerprint density at radius 1 is 1.24 bits per heavy atom. The Bertz CT molecular complexity index is 556. The zero-order chi connectivity index (χ0) is 14.9. The molecule has 1 amide bonds. The van der Waals surface area contributed by atoms with Crippen LogP contribution in [0.15, 0.2) is 36.5 Å². The van der Waals surface area contributed by atoms with E-state index in [0.29, 0.717) is 26.4 Å². The average Bonchev–Trinajstić information content (AvgIpc) is 3.01. The molecule has 1 aromatic heterocycles. The summed E-state index contributed by atoms with van der Waals surface area (Å²) in [5, 5.41) is 10.5. The van der Waals surface area contributed by atoms with E-state index >= 15 is 0 Å². The van der Waals surface area contributed by atoms with Gasteiger partial charge in [0.05, 0.1) is 31.7 Å². The maximum absolute atomic E-state index is 11.9. The van der Waals surface area contributed by atoms with E-state index < -0.39 is 0 Å². The van der Waals surface area contributed by atoms with E-state index in [-0.39, 0.29) is 11.6 Å². The Kier molecular flexibility index (Phi) is 5.86. The third-order valence-electron chi connectivity index (χ3n) is 2.71. The molecule has 0 fully saturated rings. The second-order valence-electron chi connectivity index (χ2n) is 4.24. The maximum Gasteiger partial charge on any atom is 0.273 e. The Hall–Kier alpha value is -2.25. The predicted octanol–water partition coefficient (Wildman–Crippen LogP) is 0.660. The lowest BCUT2D eigenvalue weighted by atomic mass is 10.3. The monoisotopic (exact) mass is 290 g/mol. The molecule has 2 aromatic rings. The largest absolute Gasteiger partial charge is 0.382 e. The predicted molar refractivity (Wildman–Crippen MR) is 76.4 cm³/mol. The molecule has 1 N–H and O–H groups in total. The summed E-state index contributed by atoms with van der Waals surface area (Å²) in [7, 11) is 1.61. The number of ether oxygens (including phenoxy) is 2. The summed E-state index contributed by atoms with van der Waals surface area (Å²) in [6.07, 6.45) is 1.59. The Morgan fingerprint density at radius 3 is 2.81 bits per heavy atom. The lowest BCUT2D eigenvalue weighted by molar-refractivity contribution is 0.0692. The molecule has 0 saturated heterocycles. The van der Waals surface area contributed by atoms with Gasteiger partial charge in [0.15, 0.2) is 5.69 Å². The minimum Gasteiger partial charge on any atom is -0.382 e. The van der Waals surface area contributed by atoms with Gasteiger partial charge in [0.2, 0.25) is 0 Å². The molecular weight excluding hydrogens is 272 g/mol. The number of benzene rings is 1. The van der Waals surface area contributed by atoms with Gasteiger partial charge in [-0.25, -0.2) is 4.68 Å². The fourth-order valence-electron chi connectivity index (χ4n) is 1.65. The molecule has 0 radical (unpaired) electrons. The minimum atomic E-state index is -0.271. The number of rotatable bonds is 8. The normalized spacial score (nSPS) is 10.5. The third-order valence-corrected chi connectivity index (χ3v) is 2.71. The van der Waals surface area contributed by atoms with E-state index in [0.717, 1.165) is 5.69 Å². The molecule has 0 spiro atoms. The van der Waals surface area contributed by atoms with Gasteiger partial charge in [0.1, 0.15) is 0 Å². The van der Waals surface area contributed by atoms with E-state index in [9.17, 15) is 4.79 Å². The molecule has 1 heterocycles. The molecule has 0 atom stereocenters. The highest BCUT2D eigenvalue weighted by Crippen LogP contribution is 2.05. The van der Waals surface area contributed by atoms with Crippen LogP contribution in [0.3, 0.4) is 0 Å². The van der Waals surface area contributed by atoms with Crippen molar-refractivity contribution in [2.75, 3.05) is 33.5 Å². The summed E-state index contributed by atoms with van der Waals surface area (Å²) in [5.74, 6) is -0.271. The van der Waals surface area contributed by atoms with Crippen LogP contribution in [0.5, 0.6) is 0 Å². The summed E-state index contributed by atoms with van der Waals surface area (Å²) in [6, 6.07) is 9.49. The number of methoxy groups -OCH3 is 1. The number of nitrogens with zero attached hydrogens (tertiary/aromatic N) is 3. The van der Waals surface area contributed by atoms with Gasteiger partial charge < -0.3 is 14.8 Å². The van der Waals surface area contributed by atoms with Gasteiger partial charge >= 0.3 is 0 Å². The van der Waals surface area contributed by atoms with Crippen molar-refractivity contribution < 1.29 is 14.3 Å². The van der Waals surface area contributed by atoms with E-state index in [1.807, 2.05) is 30.3 Å². The highest BCUT2D eigenvalue weighted by molar-refractivity contribution is 5.91. The van der Waals surface area contributed by atoms with Gasteiger partial charge in [-0.1, -0.05) is 23.4 Å². The number of aromatic nitrogens is 3. The number of nitrogens with one attached hydrogen (secondary N) is 1. The zero-order valence-electron chi connectivity index (χ0n) is 11.9. The van der Waals surface area contributed by atoms with Crippen molar-refractivity contribution in [3.8, 4) is 5.69 Å². The molecule has 112 valence electrons. The molecule has 0 unspecified atom stereocenters. The Labute approximate surface area is 122 Å². The summed E-state index contributed by atoms with van der Waals surface area (Å²) in [4.78, 5) is 11.9. The van der Waals surface area contributed by atoms with Crippen LogP contribution in [0.1, 0.15) is 10.5 Å². The van der Waals surface area contributed by atoms with Crippen LogP contribution in [0.4, 0.5) is 0 Å². The fraction of sp³-hybridized carbons (Fsp3) is 0.357. The molecule has 21 heavy (non-hydrogen) atoms. The Balaban J connectivity index is 1.80. The van der Waals surface area contributed by atoms with Crippen LogP contribution in [0.2, 0.25) is 0 Å². The molecule has 7 heteroatoms. The van der Waals surface area contributed by atoms with Gasteiger partial charge in [-0.15, -0.1) is 5.10 Å². The number of hydrogen-bond acceptors (Lipinski definition) is 5. The minimum absolute atomic E-state index is 0.271. The van der Waals surface area contributed by atoms with Crippen molar-refractivity contribution in [2.24, 2.45) is 0 Å². The van der Waals surface area contributed by atoms with Crippen molar-refractivity contribution in [3.63, 3.8) is 0 Å². The number of para-hydroxylation sites is 1. The van der Waals surface area contributed by atoms with Crippen molar-refractivity contribution >= 4 is 5.91 Å². The molecule has 7 nitrogen and oxygen atoms in total. The Morgan fingerprint density at radius 2 is 2.05 bits per heavy atom. The first-order chi connectivity index (χ1) is 10.3. The van der Waals surface area contributed by atoms with Crippen LogP contribution >= 0.6 is 0 Å². The molecule has 0 aliphatic carbocycles. The number of hydrogen-bond donors (Lipinski definition) is 1. The molecular formula is C14H18N4O3.